The summed E-state index contributed by atoms with van der Waals surface area (Å²) in [5, 5.41) is 2.52. The zero-order valence-corrected chi connectivity index (χ0v) is 16.8. The Morgan fingerprint density at radius 3 is 2.78 bits per heavy atom. The quantitative estimate of drug-likeness (QED) is 0.674. The van der Waals surface area contributed by atoms with E-state index in [2.05, 4.69) is 20.3 Å². The predicted octanol–water partition coefficient (Wildman–Crippen LogP) is 2.72. The van der Waals surface area contributed by atoms with Crippen molar-refractivity contribution in [2.24, 2.45) is 16.6 Å². The number of alkyl halides is 3. The molecule has 0 saturated carbocycles. The number of nitrogens with two attached hydrogens (primary N) is 1. The Kier molecular flexibility index (Phi) is 5.71. The lowest BCUT2D eigenvalue weighted by atomic mass is 9.74. The SMILES string of the molecule is C[C@H]1OC[C@]2(c3cc(NC(=O)c4cnc(C(F)F)cn4)ccc3F)N=C(N)O[C@H](CF)[C@H]12. The van der Waals surface area contributed by atoms with Crippen LogP contribution in [0.25, 0.3) is 0 Å². The van der Waals surface area contributed by atoms with Gasteiger partial charge in [-0.1, -0.05) is 0 Å². The van der Waals surface area contributed by atoms with Crippen molar-refractivity contribution in [3.8, 4) is 0 Å². The molecule has 3 heterocycles. The Morgan fingerprint density at radius 2 is 2.12 bits per heavy atom. The van der Waals surface area contributed by atoms with E-state index in [-0.39, 0.29) is 29.6 Å². The van der Waals surface area contributed by atoms with E-state index in [4.69, 9.17) is 15.2 Å². The number of fused-ring (bicyclic) bond motifs is 1. The summed E-state index contributed by atoms with van der Waals surface area (Å²) in [6.45, 7) is 0.774. The van der Waals surface area contributed by atoms with E-state index in [1.807, 2.05) is 0 Å². The van der Waals surface area contributed by atoms with Crippen LogP contribution in [0.4, 0.5) is 23.2 Å². The van der Waals surface area contributed by atoms with Gasteiger partial charge in [0.1, 0.15) is 35.5 Å². The topological polar surface area (TPSA) is 112 Å². The highest BCUT2D eigenvalue weighted by Crippen LogP contribution is 2.48. The first-order valence-corrected chi connectivity index (χ1v) is 9.66. The van der Waals surface area contributed by atoms with E-state index in [1.165, 1.54) is 12.1 Å². The maximum atomic E-state index is 14.9. The number of ether oxygens (including phenoxy) is 2. The average Bonchev–Trinajstić information content (AvgIpc) is 3.11. The molecule has 2 aromatic rings. The molecular weight excluding hydrogens is 434 g/mol. The molecule has 1 amide bonds. The van der Waals surface area contributed by atoms with Gasteiger partial charge in [0, 0.05) is 11.3 Å². The summed E-state index contributed by atoms with van der Waals surface area (Å²) >= 11 is 0. The minimum absolute atomic E-state index is 0.0495. The van der Waals surface area contributed by atoms with Crippen molar-refractivity contribution in [2.75, 3.05) is 18.6 Å². The van der Waals surface area contributed by atoms with Crippen LogP contribution in [0.2, 0.25) is 0 Å². The third kappa shape index (κ3) is 3.74. The molecule has 0 unspecified atom stereocenters. The number of rotatable bonds is 5. The summed E-state index contributed by atoms with van der Waals surface area (Å²) in [5.74, 6) is -2.05. The van der Waals surface area contributed by atoms with Crippen molar-refractivity contribution in [3.05, 3.63) is 53.4 Å². The Morgan fingerprint density at radius 1 is 1.34 bits per heavy atom. The van der Waals surface area contributed by atoms with E-state index in [9.17, 15) is 22.4 Å². The maximum absolute atomic E-state index is 14.9. The van der Waals surface area contributed by atoms with Crippen LogP contribution in [-0.4, -0.2) is 47.4 Å². The van der Waals surface area contributed by atoms with Gasteiger partial charge in [-0.3, -0.25) is 9.78 Å². The lowest BCUT2D eigenvalue weighted by molar-refractivity contribution is 0.0166. The summed E-state index contributed by atoms with van der Waals surface area (Å²) in [7, 11) is 0. The molecule has 2 aliphatic rings. The van der Waals surface area contributed by atoms with E-state index in [0.29, 0.717) is 0 Å². The van der Waals surface area contributed by atoms with Gasteiger partial charge in [-0.05, 0) is 25.1 Å². The van der Waals surface area contributed by atoms with Gasteiger partial charge in [0.15, 0.2) is 0 Å². The number of amides is 1. The van der Waals surface area contributed by atoms with Gasteiger partial charge in [-0.25, -0.2) is 27.5 Å². The minimum Gasteiger partial charge on any atom is -0.459 e. The van der Waals surface area contributed by atoms with Crippen molar-refractivity contribution < 1.29 is 31.8 Å². The van der Waals surface area contributed by atoms with Gasteiger partial charge in [0.25, 0.3) is 18.4 Å². The van der Waals surface area contributed by atoms with Crippen molar-refractivity contribution >= 4 is 17.6 Å². The zero-order chi connectivity index (χ0) is 23.0. The van der Waals surface area contributed by atoms with Crippen molar-refractivity contribution in [1.29, 1.82) is 0 Å². The summed E-state index contributed by atoms with van der Waals surface area (Å²) < 4.78 is 64.8. The molecule has 4 rings (SSSR count). The summed E-state index contributed by atoms with van der Waals surface area (Å²) in [5.41, 5.74) is 3.85. The van der Waals surface area contributed by atoms with Crippen LogP contribution in [-0.2, 0) is 15.0 Å². The van der Waals surface area contributed by atoms with Gasteiger partial charge in [-0.2, -0.15) is 0 Å². The summed E-state index contributed by atoms with van der Waals surface area (Å²) in [6.07, 6.45) is -2.58. The van der Waals surface area contributed by atoms with Crippen LogP contribution in [0.1, 0.15) is 35.1 Å². The van der Waals surface area contributed by atoms with Crippen LogP contribution in [0, 0.1) is 11.7 Å². The van der Waals surface area contributed by atoms with Crippen LogP contribution < -0.4 is 11.1 Å². The number of halogens is 4. The third-order valence-corrected chi connectivity index (χ3v) is 5.58. The first kappa shape index (κ1) is 21.9. The van der Waals surface area contributed by atoms with Crippen molar-refractivity contribution in [1.82, 2.24) is 9.97 Å². The number of aromatic nitrogens is 2. The van der Waals surface area contributed by atoms with Gasteiger partial charge in [0.2, 0.25) is 0 Å². The van der Waals surface area contributed by atoms with Crippen LogP contribution in [0.5, 0.6) is 0 Å². The second-order valence-corrected chi connectivity index (χ2v) is 7.50. The molecule has 1 aromatic heterocycles. The molecular formula is C20H19F4N5O3. The Labute approximate surface area is 179 Å². The lowest BCUT2D eigenvalue weighted by Gasteiger charge is -2.39. The molecule has 12 heteroatoms. The zero-order valence-electron chi connectivity index (χ0n) is 16.8. The number of anilines is 1. The fraction of sp³-hybridized carbons (Fsp3) is 0.400. The molecule has 8 nitrogen and oxygen atoms in total. The molecule has 0 spiro atoms. The third-order valence-electron chi connectivity index (χ3n) is 5.58. The first-order valence-electron chi connectivity index (χ1n) is 9.66. The Bertz CT molecular complexity index is 1050. The highest BCUT2D eigenvalue weighted by Gasteiger charge is 2.57. The minimum atomic E-state index is -2.82. The van der Waals surface area contributed by atoms with Crippen LogP contribution in [0.15, 0.2) is 35.6 Å². The number of carbonyl (C=O) groups is 1. The normalized spacial score (nSPS) is 26.9. The fourth-order valence-electron chi connectivity index (χ4n) is 4.16. The largest absolute Gasteiger partial charge is 0.459 e. The number of hydrogen-bond acceptors (Lipinski definition) is 7. The van der Waals surface area contributed by atoms with Gasteiger partial charge in [-0.15, -0.1) is 0 Å². The van der Waals surface area contributed by atoms with Gasteiger partial charge < -0.3 is 20.5 Å². The number of nitrogens with one attached hydrogen (secondary N) is 1. The van der Waals surface area contributed by atoms with E-state index < -0.39 is 54.2 Å². The number of benzene rings is 1. The molecule has 32 heavy (non-hydrogen) atoms. The fourth-order valence-corrected chi connectivity index (χ4v) is 4.16. The molecule has 1 aromatic carbocycles. The van der Waals surface area contributed by atoms with Crippen molar-refractivity contribution in [3.63, 3.8) is 0 Å². The second-order valence-electron chi connectivity index (χ2n) is 7.50. The molecule has 0 bridgehead atoms. The van der Waals surface area contributed by atoms with E-state index in [1.54, 1.807) is 6.92 Å². The molecule has 1 saturated heterocycles. The Hall–Kier alpha value is -3.28. The molecule has 4 atom stereocenters. The number of nitrogens with zero attached hydrogens (tertiary/aromatic N) is 3. The van der Waals surface area contributed by atoms with Crippen LogP contribution >= 0.6 is 0 Å². The predicted molar refractivity (Wildman–Crippen MR) is 104 cm³/mol. The number of hydrogen-bond donors (Lipinski definition) is 2. The lowest BCUT2D eigenvalue weighted by Crippen LogP contribution is -2.51. The molecule has 3 N–H and O–H groups in total. The monoisotopic (exact) mass is 453 g/mol. The highest BCUT2D eigenvalue weighted by molar-refractivity contribution is 6.02. The van der Waals surface area contributed by atoms with Crippen LogP contribution in [0.3, 0.4) is 0 Å². The number of aliphatic imine (C=N–C) groups is 1. The number of carbonyl (C=O) groups excluding carboxylic acids is 1. The molecule has 1 fully saturated rings. The summed E-state index contributed by atoms with van der Waals surface area (Å²) in [4.78, 5) is 23.9. The maximum Gasteiger partial charge on any atom is 0.283 e. The summed E-state index contributed by atoms with van der Waals surface area (Å²) in [6, 6.07) is 3.49. The highest BCUT2D eigenvalue weighted by atomic mass is 19.3. The molecule has 170 valence electrons. The average molecular weight is 453 g/mol. The standard InChI is InChI=1S/C20H19F4N5O3/c1-9-16-15(5-21)32-19(25)29-20(16,8-31-9)11-4-10(2-3-12(11)22)28-18(30)14-7-26-13(6-27-14)17(23)24/h2-4,6-7,9,15-17H,5,8H2,1H3,(H2,25,29)(H,28,30)/t9-,15-,16+,20-/m1/s1. The van der Waals surface area contributed by atoms with Gasteiger partial charge in [0.05, 0.1) is 31.0 Å². The molecule has 0 radical (unpaired) electrons. The van der Waals surface area contributed by atoms with Crippen molar-refractivity contribution in [2.45, 2.75) is 31.1 Å². The number of amidine groups is 1. The molecule has 2 aliphatic heterocycles. The van der Waals surface area contributed by atoms with E-state index in [0.717, 1.165) is 18.5 Å². The molecule has 0 aliphatic carbocycles. The van der Waals surface area contributed by atoms with Gasteiger partial charge >= 0.3 is 0 Å². The smallest absolute Gasteiger partial charge is 0.283 e. The van der Waals surface area contributed by atoms with E-state index >= 15 is 0 Å². The first-order chi connectivity index (χ1) is 15.2. The second kappa shape index (κ2) is 8.34. The Balaban J connectivity index is 1.67.